The van der Waals surface area contributed by atoms with E-state index in [-0.39, 0.29) is 10.8 Å². The van der Waals surface area contributed by atoms with Gasteiger partial charge in [-0.05, 0) is 57.4 Å². The van der Waals surface area contributed by atoms with E-state index in [9.17, 15) is 22.8 Å². The minimum absolute atomic E-state index is 0.0763. The average molecular weight is 442 g/mol. The standard InChI is InChI=1S/C20H31N3O6S/c1-13(2)12-17(18(25)23(20(4,5)6)29-14(3)24)22-19(26)21-15-8-10-16(11-9-15)30(7,27)28/h8-11,13,17H,12H2,1-7H3,(H2,21,22,26)/t17-/m0/s1. The normalized spacial score (nSPS) is 12.8. The number of benzene rings is 1. The highest BCUT2D eigenvalue weighted by molar-refractivity contribution is 7.90. The smallest absolute Gasteiger partial charge is 0.329 e. The van der Waals surface area contributed by atoms with Crippen LogP contribution in [0.5, 0.6) is 0 Å². The fourth-order valence-corrected chi connectivity index (χ4v) is 3.22. The van der Waals surface area contributed by atoms with Crippen molar-refractivity contribution in [3.63, 3.8) is 0 Å². The van der Waals surface area contributed by atoms with Crippen LogP contribution in [0.15, 0.2) is 29.2 Å². The lowest BCUT2D eigenvalue weighted by Gasteiger charge is -2.35. The summed E-state index contributed by atoms with van der Waals surface area (Å²) in [4.78, 5) is 42.2. The van der Waals surface area contributed by atoms with Crippen LogP contribution in [-0.2, 0) is 24.3 Å². The lowest BCUT2D eigenvalue weighted by atomic mass is 10.0. The molecule has 9 nitrogen and oxygen atoms in total. The highest BCUT2D eigenvalue weighted by atomic mass is 32.2. The number of nitrogens with one attached hydrogen (secondary N) is 2. The molecule has 0 fully saturated rings. The highest BCUT2D eigenvalue weighted by Crippen LogP contribution is 2.19. The summed E-state index contributed by atoms with van der Waals surface area (Å²) < 4.78 is 23.1. The Hall–Kier alpha value is -2.62. The quantitative estimate of drug-likeness (QED) is 0.655. The van der Waals surface area contributed by atoms with Crippen molar-refractivity contribution in [3.8, 4) is 0 Å². The van der Waals surface area contributed by atoms with Crippen molar-refractivity contribution in [3.05, 3.63) is 24.3 Å². The van der Waals surface area contributed by atoms with E-state index in [0.717, 1.165) is 11.3 Å². The molecule has 0 aliphatic rings. The maximum absolute atomic E-state index is 13.0. The van der Waals surface area contributed by atoms with Crippen molar-refractivity contribution in [2.75, 3.05) is 11.6 Å². The molecule has 0 saturated heterocycles. The monoisotopic (exact) mass is 441 g/mol. The van der Waals surface area contributed by atoms with Gasteiger partial charge in [-0.1, -0.05) is 13.8 Å². The molecule has 1 aromatic rings. The molecule has 1 aromatic carbocycles. The van der Waals surface area contributed by atoms with Crippen molar-refractivity contribution >= 4 is 33.4 Å². The first-order chi connectivity index (χ1) is 13.6. The van der Waals surface area contributed by atoms with Gasteiger partial charge in [-0.2, -0.15) is 5.06 Å². The number of hydroxylamine groups is 2. The van der Waals surface area contributed by atoms with Crippen LogP contribution in [0.1, 0.15) is 48.0 Å². The molecule has 0 bridgehead atoms. The molecule has 0 heterocycles. The zero-order chi connectivity index (χ0) is 23.3. The molecule has 0 spiro atoms. The topological polar surface area (TPSA) is 122 Å². The number of sulfone groups is 1. The van der Waals surface area contributed by atoms with E-state index in [1.807, 2.05) is 13.8 Å². The first kappa shape index (κ1) is 25.4. The van der Waals surface area contributed by atoms with E-state index in [1.165, 1.54) is 31.2 Å². The zero-order valence-corrected chi connectivity index (χ0v) is 19.3. The maximum Gasteiger partial charge on any atom is 0.329 e. The summed E-state index contributed by atoms with van der Waals surface area (Å²) in [7, 11) is -3.35. The molecule has 0 saturated carbocycles. The Labute approximate surface area is 178 Å². The van der Waals surface area contributed by atoms with Crippen LogP contribution in [0.3, 0.4) is 0 Å². The van der Waals surface area contributed by atoms with Gasteiger partial charge in [0.15, 0.2) is 9.84 Å². The van der Waals surface area contributed by atoms with E-state index in [2.05, 4.69) is 10.6 Å². The second kappa shape index (κ2) is 9.92. The molecule has 0 aliphatic carbocycles. The SMILES string of the molecule is CC(=O)ON(C(=O)[C@H](CC(C)C)NC(=O)Nc1ccc(S(C)(=O)=O)cc1)C(C)(C)C. The van der Waals surface area contributed by atoms with Crippen molar-refractivity contribution in [2.45, 2.75) is 64.4 Å². The number of carbonyl (C=O) groups excluding carboxylic acids is 3. The van der Waals surface area contributed by atoms with Gasteiger partial charge in [-0.3, -0.25) is 9.59 Å². The number of hydrogen-bond donors (Lipinski definition) is 2. The zero-order valence-electron chi connectivity index (χ0n) is 18.5. The molecule has 1 rings (SSSR count). The summed E-state index contributed by atoms with van der Waals surface area (Å²) in [5.41, 5.74) is -0.444. The molecular weight excluding hydrogens is 410 g/mol. The Bertz CT molecular complexity index is 873. The van der Waals surface area contributed by atoms with Crippen molar-refractivity contribution in [1.82, 2.24) is 10.4 Å². The Balaban J connectivity index is 2.99. The van der Waals surface area contributed by atoms with Crippen molar-refractivity contribution in [2.24, 2.45) is 5.92 Å². The molecular formula is C20H31N3O6S. The largest absolute Gasteiger partial charge is 0.338 e. The Morgan fingerprint density at radius 2 is 1.63 bits per heavy atom. The van der Waals surface area contributed by atoms with Crippen LogP contribution < -0.4 is 10.6 Å². The minimum atomic E-state index is -3.35. The number of carbonyl (C=O) groups is 3. The molecule has 2 N–H and O–H groups in total. The summed E-state index contributed by atoms with van der Waals surface area (Å²) >= 11 is 0. The first-order valence-corrected chi connectivity index (χ1v) is 11.4. The number of amides is 3. The van der Waals surface area contributed by atoms with E-state index < -0.39 is 39.3 Å². The Kier molecular flexibility index (Phi) is 8.41. The molecule has 0 radical (unpaired) electrons. The summed E-state index contributed by atoms with van der Waals surface area (Å²) in [6, 6.07) is 4.09. The van der Waals surface area contributed by atoms with Gasteiger partial charge in [0, 0.05) is 18.9 Å². The maximum atomic E-state index is 13.0. The summed E-state index contributed by atoms with van der Waals surface area (Å²) in [5, 5.41) is 6.17. The van der Waals surface area contributed by atoms with Crippen molar-refractivity contribution in [1.29, 1.82) is 0 Å². The third kappa shape index (κ3) is 8.02. The summed E-state index contributed by atoms with van der Waals surface area (Å²) in [6.07, 6.45) is 1.42. The highest BCUT2D eigenvalue weighted by Gasteiger charge is 2.36. The van der Waals surface area contributed by atoms with Gasteiger partial charge in [0.25, 0.3) is 5.91 Å². The predicted molar refractivity (Wildman–Crippen MR) is 113 cm³/mol. The number of hydrogen-bond acceptors (Lipinski definition) is 6. The molecule has 3 amide bonds. The minimum Gasteiger partial charge on any atom is -0.338 e. The van der Waals surface area contributed by atoms with E-state index in [0.29, 0.717) is 12.1 Å². The molecule has 10 heteroatoms. The van der Waals surface area contributed by atoms with Gasteiger partial charge in [0.2, 0.25) is 0 Å². The molecule has 0 unspecified atom stereocenters. The van der Waals surface area contributed by atoms with Crippen LogP contribution in [-0.4, -0.2) is 49.2 Å². The van der Waals surface area contributed by atoms with Gasteiger partial charge in [-0.25, -0.2) is 13.2 Å². The first-order valence-electron chi connectivity index (χ1n) is 9.51. The molecule has 1 atom stereocenters. The van der Waals surface area contributed by atoms with Gasteiger partial charge < -0.3 is 15.5 Å². The second-order valence-corrected chi connectivity index (χ2v) is 10.5. The van der Waals surface area contributed by atoms with Gasteiger partial charge in [0.1, 0.15) is 6.04 Å². The lowest BCUT2D eigenvalue weighted by Crippen LogP contribution is -2.55. The second-order valence-electron chi connectivity index (χ2n) is 8.46. The van der Waals surface area contributed by atoms with E-state index in [4.69, 9.17) is 4.84 Å². The van der Waals surface area contributed by atoms with Crippen LogP contribution >= 0.6 is 0 Å². The van der Waals surface area contributed by atoms with Gasteiger partial charge >= 0.3 is 12.0 Å². The summed E-state index contributed by atoms with van der Waals surface area (Å²) in [5.74, 6) is -1.11. The number of anilines is 1. The van der Waals surface area contributed by atoms with Gasteiger partial charge in [-0.15, -0.1) is 0 Å². The molecule has 0 aromatic heterocycles. The number of urea groups is 1. The van der Waals surface area contributed by atoms with Crippen LogP contribution in [0.2, 0.25) is 0 Å². The summed E-state index contributed by atoms with van der Waals surface area (Å²) in [6.45, 7) is 10.1. The van der Waals surface area contributed by atoms with Crippen LogP contribution in [0.25, 0.3) is 0 Å². The van der Waals surface area contributed by atoms with Crippen LogP contribution in [0, 0.1) is 5.92 Å². The molecule has 168 valence electrons. The average Bonchev–Trinajstić information content (AvgIpc) is 2.56. The third-order valence-corrected chi connectivity index (χ3v) is 5.01. The van der Waals surface area contributed by atoms with Crippen LogP contribution in [0.4, 0.5) is 10.5 Å². The lowest BCUT2D eigenvalue weighted by molar-refractivity contribution is -0.216. The third-order valence-electron chi connectivity index (χ3n) is 3.88. The molecule has 0 aliphatic heterocycles. The Morgan fingerprint density at radius 1 is 1.10 bits per heavy atom. The fraction of sp³-hybridized carbons (Fsp3) is 0.550. The van der Waals surface area contributed by atoms with E-state index in [1.54, 1.807) is 20.8 Å². The number of rotatable bonds is 6. The van der Waals surface area contributed by atoms with Crippen molar-refractivity contribution < 1.29 is 27.6 Å². The Morgan fingerprint density at radius 3 is 2.03 bits per heavy atom. The predicted octanol–water partition coefficient (Wildman–Crippen LogP) is 2.73. The molecule has 30 heavy (non-hydrogen) atoms. The van der Waals surface area contributed by atoms with E-state index >= 15 is 0 Å². The fourth-order valence-electron chi connectivity index (χ4n) is 2.59. The number of nitrogens with zero attached hydrogens (tertiary/aromatic N) is 1. The van der Waals surface area contributed by atoms with Gasteiger partial charge in [0.05, 0.1) is 10.4 Å².